The first kappa shape index (κ1) is 20.4. The summed E-state index contributed by atoms with van der Waals surface area (Å²) in [4.78, 5) is 42.5. The van der Waals surface area contributed by atoms with Gasteiger partial charge in [-0.3, -0.25) is 9.59 Å². The van der Waals surface area contributed by atoms with Gasteiger partial charge in [0.25, 0.3) is 0 Å². The van der Waals surface area contributed by atoms with E-state index in [9.17, 15) is 9.59 Å². The van der Waals surface area contributed by atoms with Crippen molar-refractivity contribution in [3.8, 4) is 11.4 Å². The van der Waals surface area contributed by atoms with Crippen LogP contribution in [0.4, 0.5) is 0 Å². The summed E-state index contributed by atoms with van der Waals surface area (Å²) in [6, 6.07) is 0.120. The van der Waals surface area contributed by atoms with Gasteiger partial charge in [0, 0.05) is 51.1 Å². The standard InChI is InChI=1S/C21H28N6O3/c1-12(2)27-11-16(8-18(27)28)21(29)26-7-5-6-15(10-26)19-17(9-22-13(3)23-19)20-24-14(4)30-25-20/h9,12,15-16H,5-8,10-11H2,1-4H3/t15-,16+/m1/s1. The molecule has 2 saturated heterocycles. The second-order valence-electron chi connectivity index (χ2n) is 8.52. The topological polar surface area (TPSA) is 105 Å². The van der Waals surface area contributed by atoms with Gasteiger partial charge in [0.05, 0.1) is 17.2 Å². The van der Waals surface area contributed by atoms with E-state index in [1.54, 1.807) is 18.0 Å². The molecular formula is C21H28N6O3. The van der Waals surface area contributed by atoms with Crippen LogP contribution in [0.15, 0.2) is 10.7 Å². The third-order valence-electron chi connectivity index (χ3n) is 5.96. The van der Waals surface area contributed by atoms with Crippen LogP contribution in [-0.4, -0.2) is 67.4 Å². The van der Waals surface area contributed by atoms with Gasteiger partial charge >= 0.3 is 0 Å². The molecule has 9 heteroatoms. The summed E-state index contributed by atoms with van der Waals surface area (Å²) in [5.74, 6) is 1.57. The first-order valence-electron chi connectivity index (χ1n) is 10.6. The van der Waals surface area contributed by atoms with Crippen LogP contribution in [0, 0.1) is 19.8 Å². The lowest BCUT2D eigenvalue weighted by Crippen LogP contribution is -2.43. The van der Waals surface area contributed by atoms with E-state index in [1.807, 2.05) is 25.7 Å². The molecule has 9 nitrogen and oxygen atoms in total. The van der Waals surface area contributed by atoms with E-state index >= 15 is 0 Å². The van der Waals surface area contributed by atoms with Crippen molar-refractivity contribution < 1.29 is 14.1 Å². The molecule has 0 bridgehead atoms. The molecule has 2 aromatic heterocycles. The summed E-state index contributed by atoms with van der Waals surface area (Å²) < 4.78 is 5.14. The number of likely N-dealkylation sites (tertiary alicyclic amines) is 2. The number of rotatable bonds is 4. The Kier molecular flexibility index (Phi) is 5.53. The smallest absolute Gasteiger partial charge is 0.228 e. The summed E-state index contributed by atoms with van der Waals surface area (Å²) in [5.41, 5.74) is 1.60. The van der Waals surface area contributed by atoms with Crippen LogP contribution in [0.2, 0.25) is 0 Å². The van der Waals surface area contributed by atoms with Crippen molar-refractivity contribution in [3.05, 3.63) is 23.6 Å². The van der Waals surface area contributed by atoms with Crippen molar-refractivity contribution in [2.75, 3.05) is 19.6 Å². The molecule has 0 spiro atoms. The van der Waals surface area contributed by atoms with E-state index in [-0.39, 0.29) is 29.7 Å². The van der Waals surface area contributed by atoms with Crippen molar-refractivity contribution >= 4 is 11.8 Å². The number of amides is 2. The van der Waals surface area contributed by atoms with Crippen molar-refractivity contribution in [3.63, 3.8) is 0 Å². The lowest BCUT2D eigenvalue weighted by molar-refractivity contribution is -0.137. The monoisotopic (exact) mass is 412 g/mol. The Balaban J connectivity index is 1.54. The predicted molar refractivity (Wildman–Crippen MR) is 108 cm³/mol. The highest BCUT2D eigenvalue weighted by atomic mass is 16.5. The van der Waals surface area contributed by atoms with Crippen molar-refractivity contribution in [2.24, 2.45) is 5.92 Å². The third-order valence-corrected chi connectivity index (χ3v) is 5.96. The Morgan fingerprint density at radius 1 is 1.23 bits per heavy atom. The lowest BCUT2D eigenvalue weighted by atomic mass is 9.91. The molecule has 2 aromatic rings. The maximum atomic E-state index is 13.2. The molecule has 0 radical (unpaired) electrons. The van der Waals surface area contributed by atoms with Crippen LogP contribution >= 0.6 is 0 Å². The number of carbonyl (C=O) groups excluding carboxylic acids is 2. The molecule has 2 aliphatic heterocycles. The second kappa shape index (κ2) is 8.12. The van der Waals surface area contributed by atoms with Crippen LogP contribution in [0.1, 0.15) is 56.4 Å². The summed E-state index contributed by atoms with van der Waals surface area (Å²) in [6.07, 6.45) is 3.85. The Labute approximate surface area is 175 Å². The molecule has 2 aliphatic rings. The molecule has 0 N–H and O–H groups in total. The number of carbonyl (C=O) groups is 2. The largest absolute Gasteiger partial charge is 0.342 e. The Bertz CT molecular complexity index is 956. The van der Waals surface area contributed by atoms with Crippen LogP contribution in [0.5, 0.6) is 0 Å². The molecule has 0 saturated carbocycles. The van der Waals surface area contributed by atoms with Crippen LogP contribution in [-0.2, 0) is 9.59 Å². The molecule has 2 atom stereocenters. The number of aryl methyl sites for hydroxylation is 2. The molecule has 2 fully saturated rings. The van der Waals surface area contributed by atoms with Gasteiger partial charge in [-0.05, 0) is 33.6 Å². The molecule has 4 rings (SSSR count). The van der Waals surface area contributed by atoms with Gasteiger partial charge in [0.2, 0.25) is 23.5 Å². The zero-order valence-corrected chi connectivity index (χ0v) is 18.0. The van der Waals surface area contributed by atoms with Crippen LogP contribution in [0.3, 0.4) is 0 Å². The van der Waals surface area contributed by atoms with E-state index in [4.69, 9.17) is 4.52 Å². The number of nitrogens with zero attached hydrogens (tertiary/aromatic N) is 6. The maximum absolute atomic E-state index is 13.2. The van der Waals surface area contributed by atoms with E-state index in [0.717, 1.165) is 24.1 Å². The quantitative estimate of drug-likeness (QED) is 0.757. The van der Waals surface area contributed by atoms with Gasteiger partial charge in [-0.2, -0.15) is 4.98 Å². The summed E-state index contributed by atoms with van der Waals surface area (Å²) in [6.45, 7) is 9.37. The number of hydrogen-bond acceptors (Lipinski definition) is 7. The van der Waals surface area contributed by atoms with Gasteiger partial charge in [-0.25, -0.2) is 9.97 Å². The molecule has 4 heterocycles. The number of aromatic nitrogens is 4. The average Bonchev–Trinajstić information content (AvgIpc) is 3.33. The molecular weight excluding hydrogens is 384 g/mol. The fourth-order valence-corrected chi connectivity index (χ4v) is 4.43. The molecule has 30 heavy (non-hydrogen) atoms. The van der Waals surface area contributed by atoms with Gasteiger partial charge in [0.15, 0.2) is 0 Å². The Morgan fingerprint density at radius 2 is 2.03 bits per heavy atom. The van der Waals surface area contributed by atoms with Gasteiger partial charge in [-0.15, -0.1) is 0 Å². The number of hydrogen-bond donors (Lipinski definition) is 0. The fraction of sp³-hybridized carbons (Fsp3) is 0.619. The fourth-order valence-electron chi connectivity index (χ4n) is 4.43. The third kappa shape index (κ3) is 3.93. The number of piperidine rings is 1. The minimum absolute atomic E-state index is 0.0662. The Hall–Kier alpha value is -2.84. The van der Waals surface area contributed by atoms with Gasteiger partial charge in [0.1, 0.15) is 5.82 Å². The van der Waals surface area contributed by atoms with Crippen molar-refractivity contribution in [2.45, 2.75) is 58.9 Å². The minimum Gasteiger partial charge on any atom is -0.342 e. The summed E-state index contributed by atoms with van der Waals surface area (Å²) in [5, 5.41) is 4.03. The molecule has 0 aliphatic carbocycles. The molecule has 0 aromatic carbocycles. The maximum Gasteiger partial charge on any atom is 0.228 e. The zero-order valence-electron chi connectivity index (χ0n) is 18.0. The molecule has 0 unspecified atom stereocenters. The zero-order chi connectivity index (χ0) is 21.4. The van der Waals surface area contributed by atoms with Gasteiger partial charge < -0.3 is 14.3 Å². The second-order valence-corrected chi connectivity index (χ2v) is 8.52. The average molecular weight is 412 g/mol. The molecule has 160 valence electrons. The first-order chi connectivity index (χ1) is 14.3. The van der Waals surface area contributed by atoms with Gasteiger partial charge in [-0.1, -0.05) is 5.16 Å². The van der Waals surface area contributed by atoms with E-state index in [0.29, 0.717) is 43.6 Å². The van der Waals surface area contributed by atoms with E-state index in [1.165, 1.54) is 0 Å². The van der Waals surface area contributed by atoms with Crippen molar-refractivity contribution in [1.82, 2.24) is 29.9 Å². The van der Waals surface area contributed by atoms with E-state index in [2.05, 4.69) is 20.1 Å². The normalized spacial score (nSPS) is 22.2. The van der Waals surface area contributed by atoms with Crippen LogP contribution in [0.25, 0.3) is 11.4 Å². The lowest BCUT2D eigenvalue weighted by Gasteiger charge is -2.34. The Morgan fingerprint density at radius 3 is 2.70 bits per heavy atom. The highest BCUT2D eigenvalue weighted by Gasteiger charge is 2.39. The minimum atomic E-state index is -0.259. The highest BCUT2D eigenvalue weighted by Crippen LogP contribution is 2.33. The van der Waals surface area contributed by atoms with E-state index < -0.39 is 0 Å². The highest BCUT2D eigenvalue weighted by molar-refractivity contribution is 5.89. The van der Waals surface area contributed by atoms with Crippen molar-refractivity contribution in [1.29, 1.82) is 0 Å². The predicted octanol–water partition coefficient (Wildman–Crippen LogP) is 2.11. The van der Waals surface area contributed by atoms with Crippen LogP contribution < -0.4 is 0 Å². The summed E-state index contributed by atoms with van der Waals surface area (Å²) >= 11 is 0. The summed E-state index contributed by atoms with van der Waals surface area (Å²) in [7, 11) is 0. The SMILES string of the molecule is Cc1ncc(-c2noc(C)n2)c([C@@H]2CCCN(C(=O)[C@H]3CC(=O)N(C(C)C)C3)C2)n1. The molecule has 2 amide bonds. The first-order valence-corrected chi connectivity index (χ1v) is 10.6.